The van der Waals surface area contributed by atoms with Gasteiger partial charge >= 0.3 is 0 Å². The minimum Gasteiger partial charge on any atom is -0.372 e. The van der Waals surface area contributed by atoms with Crippen LogP contribution in [0.1, 0.15) is 36.5 Å². The van der Waals surface area contributed by atoms with Crippen LogP contribution in [-0.2, 0) is 16.0 Å². The number of anilines is 2. The minimum absolute atomic E-state index is 0.0327. The molecule has 1 saturated heterocycles. The van der Waals surface area contributed by atoms with E-state index in [1.165, 1.54) is 26.9 Å². The number of piperazine rings is 1. The summed E-state index contributed by atoms with van der Waals surface area (Å²) in [6.07, 6.45) is 3.74. The lowest BCUT2D eigenvalue weighted by Crippen LogP contribution is -2.46. The number of carbonyl (C=O) groups is 1. The van der Waals surface area contributed by atoms with Gasteiger partial charge in [0.15, 0.2) is 0 Å². The number of hydrogen-bond acceptors (Lipinski definition) is 5. The van der Waals surface area contributed by atoms with Crippen molar-refractivity contribution in [3.8, 4) is 0 Å². The molecule has 3 aromatic rings. The average Bonchev–Trinajstić information content (AvgIpc) is 3.48. The van der Waals surface area contributed by atoms with Crippen LogP contribution in [0.25, 0.3) is 10.1 Å². The van der Waals surface area contributed by atoms with Crippen LogP contribution < -0.4 is 9.80 Å². The van der Waals surface area contributed by atoms with Crippen molar-refractivity contribution in [2.24, 2.45) is 0 Å². The summed E-state index contributed by atoms with van der Waals surface area (Å²) in [4.78, 5) is 19.4. The van der Waals surface area contributed by atoms with Gasteiger partial charge in [0.05, 0.1) is 12.2 Å². The maximum atomic E-state index is 12.3. The first-order valence-corrected chi connectivity index (χ1v) is 13.1. The molecule has 172 valence electrons. The van der Waals surface area contributed by atoms with Crippen molar-refractivity contribution in [1.29, 1.82) is 0 Å². The molecule has 0 N–H and O–H groups in total. The van der Waals surface area contributed by atoms with Crippen LogP contribution in [-0.4, -0.2) is 56.7 Å². The van der Waals surface area contributed by atoms with Crippen LogP contribution in [0.5, 0.6) is 0 Å². The van der Waals surface area contributed by atoms with Crippen LogP contribution in [0, 0.1) is 0 Å². The number of fused-ring (bicyclic) bond motifs is 1. The molecular weight excluding hydrogens is 430 g/mol. The second-order valence-corrected chi connectivity index (χ2v) is 10.3. The molecule has 4 heterocycles. The van der Waals surface area contributed by atoms with Crippen LogP contribution in [0.2, 0.25) is 0 Å². The van der Waals surface area contributed by atoms with E-state index in [0.29, 0.717) is 13.0 Å². The van der Waals surface area contributed by atoms with E-state index >= 15 is 0 Å². The molecular formula is C27H31N3O2S. The summed E-state index contributed by atoms with van der Waals surface area (Å²) in [5.74, 6) is 0.246. The molecule has 33 heavy (non-hydrogen) atoms. The van der Waals surface area contributed by atoms with Crippen molar-refractivity contribution < 1.29 is 9.53 Å². The van der Waals surface area contributed by atoms with E-state index in [2.05, 4.69) is 57.6 Å². The number of aryl methyl sites for hydroxylation is 1. The summed E-state index contributed by atoms with van der Waals surface area (Å²) in [6, 6.07) is 15.3. The first-order valence-electron chi connectivity index (χ1n) is 12.3. The molecule has 1 fully saturated rings. The quantitative estimate of drug-likeness (QED) is 0.471. The largest absolute Gasteiger partial charge is 0.372 e. The van der Waals surface area contributed by atoms with Gasteiger partial charge in [-0.15, -0.1) is 11.3 Å². The molecule has 1 aromatic heterocycles. The molecule has 3 aliphatic heterocycles. The summed E-state index contributed by atoms with van der Waals surface area (Å²) < 4.78 is 7.65. The summed E-state index contributed by atoms with van der Waals surface area (Å²) in [5, 5.41) is 3.59. The summed E-state index contributed by atoms with van der Waals surface area (Å²) in [5.41, 5.74) is 5.03. The highest BCUT2D eigenvalue weighted by Gasteiger charge is 2.37. The van der Waals surface area contributed by atoms with Gasteiger partial charge in [-0.3, -0.25) is 9.69 Å². The van der Waals surface area contributed by atoms with E-state index in [4.69, 9.17) is 4.74 Å². The topological polar surface area (TPSA) is 36.0 Å². The highest BCUT2D eigenvalue weighted by atomic mass is 32.1. The van der Waals surface area contributed by atoms with Crippen molar-refractivity contribution in [3.05, 3.63) is 59.0 Å². The highest BCUT2D eigenvalue weighted by molar-refractivity contribution is 7.17. The van der Waals surface area contributed by atoms with Crippen molar-refractivity contribution in [1.82, 2.24) is 4.90 Å². The Balaban J connectivity index is 0.954. The maximum Gasteiger partial charge on any atom is 0.227 e. The lowest BCUT2D eigenvalue weighted by atomic mass is 9.99. The van der Waals surface area contributed by atoms with Crippen molar-refractivity contribution >= 4 is 38.7 Å². The Morgan fingerprint density at radius 2 is 1.85 bits per heavy atom. The lowest BCUT2D eigenvalue weighted by molar-refractivity contribution is -0.119. The highest BCUT2D eigenvalue weighted by Crippen LogP contribution is 2.42. The van der Waals surface area contributed by atoms with Gasteiger partial charge < -0.3 is 14.5 Å². The van der Waals surface area contributed by atoms with Crippen LogP contribution in [0.4, 0.5) is 11.4 Å². The number of benzene rings is 2. The summed E-state index contributed by atoms with van der Waals surface area (Å²) in [6.45, 7) is 7.01. The van der Waals surface area contributed by atoms with E-state index in [9.17, 15) is 4.79 Å². The van der Waals surface area contributed by atoms with Crippen LogP contribution in [0.3, 0.4) is 0 Å². The van der Waals surface area contributed by atoms with Crippen LogP contribution in [0.15, 0.2) is 47.8 Å². The smallest absolute Gasteiger partial charge is 0.227 e. The van der Waals surface area contributed by atoms with Crippen molar-refractivity contribution in [2.75, 3.05) is 55.7 Å². The third-order valence-corrected chi connectivity index (χ3v) is 8.28. The fraction of sp³-hybridized carbons (Fsp3) is 0.444. The number of unbranched alkanes of at least 4 members (excludes halogenated alkanes) is 1. The molecule has 2 aromatic carbocycles. The van der Waals surface area contributed by atoms with E-state index in [1.807, 2.05) is 16.2 Å². The van der Waals surface area contributed by atoms with E-state index in [-0.39, 0.29) is 12.0 Å². The number of amides is 1. The third kappa shape index (κ3) is 4.05. The van der Waals surface area contributed by atoms with E-state index in [1.54, 1.807) is 0 Å². The number of ether oxygens (including phenoxy) is 1. The average molecular weight is 462 g/mol. The molecule has 0 aliphatic carbocycles. The van der Waals surface area contributed by atoms with Gasteiger partial charge in [0.2, 0.25) is 5.91 Å². The zero-order valence-corrected chi connectivity index (χ0v) is 19.9. The molecule has 3 aliphatic rings. The normalized spacial score (nSPS) is 20.6. The van der Waals surface area contributed by atoms with Gasteiger partial charge in [0, 0.05) is 60.5 Å². The van der Waals surface area contributed by atoms with E-state index < -0.39 is 0 Å². The predicted molar refractivity (Wildman–Crippen MR) is 136 cm³/mol. The molecule has 0 spiro atoms. The Hall–Kier alpha value is -2.41. The molecule has 0 bridgehead atoms. The number of hydrogen-bond donors (Lipinski definition) is 0. The third-order valence-electron chi connectivity index (χ3n) is 7.40. The lowest BCUT2D eigenvalue weighted by Gasteiger charge is -2.36. The molecule has 5 nitrogen and oxygen atoms in total. The molecule has 1 amide bonds. The number of para-hydroxylation sites is 1. The zero-order valence-electron chi connectivity index (χ0n) is 19.0. The SMILES string of the molecule is O=C1CCc2cccc3c2N1CC3OCCCCN1CCN(c2cccc3sccc23)CC1. The van der Waals surface area contributed by atoms with Gasteiger partial charge in [0.25, 0.3) is 0 Å². The Kier molecular flexibility index (Phi) is 5.82. The minimum atomic E-state index is 0.0327. The van der Waals surface area contributed by atoms with E-state index in [0.717, 1.165) is 64.3 Å². The molecule has 1 atom stereocenters. The maximum absolute atomic E-state index is 12.3. The Morgan fingerprint density at radius 3 is 2.76 bits per heavy atom. The number of nitrogens with zero attached hydrogens (tertiary/aromatic N) is 3. The molecule has 0 radical (unpaired) electrons. The molecule has 1 unspecified atom stereocenters. The number of rotatable bonds is 7. The summed E-state index contributed by atoms with van der Waals surface area (Å²) in [7, 11) is 0. The predicted octanol–water partition coefficient (Wildman–Crippen LogP) is 4.85. The molecule has 6 heteroatoms. The fourth-order valence-electron chi connectivity index (χ4n) is 5.63. The Morgan fingerprint density at radius 1 is 0.970 bits per heavy atom. The first kappa shape index (κ1) is 21.1. The van der Waals surface area contributed by atoms with Crippen LogP contribution >= 0.6 is 11.3 Å². The molecule has 6 rings (SSSR count). The van der Waals surface area contributed by atoms with Crippen molar-refractivity contribution in [3.63, 3.8) is 0 Å². The monoisotopic (exact) mass is 461 g/mol. The number of thiophene rings is 1. The standard InChI is InChI=1S/C27H31N3O2S/c31-26-10-9-20-5-3-6-22-24(19-30(26)27(20)22)32-17-2-1-12-28-13-15-29(16-14-28)23-7-4-8-25-21(23)11-18-33-25/h3-8,11,18,24H,1-2,9-10,12-17,19H2. The number of carbonyl (C=O) groups excluding carboxylic acids is 1. The van der Waals surface area contributed by atoms with Gasteiger partial charge in [-0.1, -0.05) is 24.3 Å². The van der Waals surface area contributed by atoms with Gasteiger partial charge in [0.1, 0.15) is 6.10 Å². The molecule has 0 saturated carbocycles. The fourth-order valence-corrected chi connectivity index (χ4v) is 6.44. The second kappa shape index (κ2) is 9.09. The second-order valence-electron chi connectivity index (χ2n) is 9.36. The first-order chi connectivity index (χ1) is 16.3. The zero-order chi connectivity index (χ0) is 22.2. The Bertz CT molecular complexity index is 1150. The van der Waals surface area contributed by atoms with Gasteiger partial charge in [-0.25, -0.2) is 0 Å². The van der Waals surface area contributed by atoms with Gasteiger partial charge in [-0.2, -0.15) is 0 Å². The van der Waals surface area contributed by atoms with Crippen molar-refractivity contribution in [2.45, 2.75) is 31.8 Å². The summed E-state index contributed by atoms with van der Waals surface area (Å²) >= 11 is 1.82. The van der Waals surface area contributed by atoms with Gasteiger partial charge in [-0.05, 0) is 54.9 Å². The Labute approximate surface area is 199 Å².